The molecule has 25 heavy (non-hydrogen) atoms. The fraction of sp³-hybridized carbons (Fsp3) is 0.176. The van der Waals surface area contributed by atoms with Crippen LogP contribution in [0.4, 0.5) is 5.69 Å². The van der Waals surface area contributed by atoms with Crippen LogP contribution in [0.1, 0.15) is 17.3 Å². The van der Waals surface area contributed by atoms with Crippen molar-refractivity contribution in [2.75, 3.05) is 12.9 Å². The molecule has 2 rings (SSSR count). The number of hydrogen-bond acceptors (Lipinski definition) is 7. The summed E-state index contributed by atoms with van der Waals surface area (Å²) < 4.78 is 10.6. The number of nitriles is 1. The van der Waals surface area contributed by atoms with Crippen molar-refractivity contribution in [2.45, 2.75) is 6.92 Å². The second kappa shape index (κ2) is 9.30. The summed E-state index contributed by atoms with van der Waals surface area (Å²) in [6.45, 7) is 2.05. The van der Waals surface area contributed by atoms with Gasteiger partial charge in [0.25, 0.3) is 0 Å². The number of thioether (sulfide) groups is 1. The topological polar surface area (TPSA) is 96.6 Å². The third-order valence-electron chi connectivity index (χ3n) is 2.89. The second-order valence-electron chi connectivity index (χ2n) is 4.56. The van der Waals surface area contributed by atoms with Crippen LogP contribution in [0.2, 0.25) is 0 Å². The average Bonchev–Trinajstić information content (AvgIpc) is 2.63. The highest BCUT2D eigenvalue weighted by Gasteiger charge is 2.08. The Morgan fingerprint density at radius 2 is 2.12 bits per heavy atom. The molecule has 0 radical (unpaired) electrons. The van der Waals surface area contributed by atoms with Crippen LogP contribution in [0.3, 0.4) is 0 Å². The van der Waals surface area contributed by atoms with Crippen molar-refractivity contribution in [3.8, 4) is 17.8 Å². The Morgan fingerprint density at radius 1 is 1.36 bits per heavy atom. The molecular formula is C17H16N4O3S. The maximum Gasteiger partial charge on any atom is 0.338 e. The molecule has 0 saturated heterocycles. The molecule has 0 atom stereocenters. The first-order valence-corrected chi connectivity index (χ1v) is 8.57. The van der Waals surface area contributed by atoms with Gasteiger partial charge >= 0.3 is 5.97 Å². The van der Waals surface area contributed by atoms with Crippen LogP contribution in [0.15, 0.2) is 47.6 Å². The van der Waals surface area contributed by atoms with Gasteiger partial charge < -0.3 is 9.47 Å². The molecule has 0 bridgehead atoms. The van der Waals surface area contributed by atoms with Crippen LogP contribution in [0.5, 0.6) is 11.6 Å². The van der Waals surface area contributed by atoms with Crippen LogP contribution >= 0.6 is 11.8 Å². The van der Waals surface area contributed by atoms with Gasteiger partial charge in [-0.25, -0.2) is 14.8 Å². The van der Waals surface area contributed by atoms with E-state index >= 15 is 0 Å². The monoisotopic (exact) mass is 356 g/mol. The molecular weight excluding hydrogens is 340 g/mol. The van der Waals surface area contributed by atoms with Gasteiger partial charge in [-0.1, -0.05) is 11.8 Å². The first-order chi connectivity index (χ1) is 12.2. The van der Waals surface area contributed by atoms with Crippen molar-refractivity contribution < 1.29 is 14.3 Å². The quantitative estimate of drug-likeness (QED) is 0.288. The minimum absolute atomic E-state index is 0.290. The Morgan fingerprint density at radius 3 is 2.76 bits per heavy atom. The summed E-state index contributed by atoms with van der Waals surface area (Å²) in [5.41, 5.74) is 1.05. The molecule has 1 N–H and O–H groups in total. The highest BCUT2D eigenvalue weighted by molar-refractivity contribution is 8.13. The Bertz CT molecular complexity index is 800. The molecule has 1 aromatic heterocycles. The largest absolute Gasteiger partial charge is 0.462 e. The van der Waals surface area contributed by atoms with Crippen LogP contribution in [-0.2, 0) is 4.74 Å². The Hall–Kier alpha value is -3.05. The van der Waals surface area contributed by atoms with E-state index < -0.39 is 5.97 Å². The van der Waals surface area contributed by atoms with E-state index in [-0.39, 0.29) is 5.88 Å². The molecule has 0 saturated carbocycles. The standard InChI is InChI=1S/C17H16N4O3S/c1-3-23-16(22)12-8-9-19-15(10-12)24-14-6-4-13(5-7-14)21-17(25-2)20-11-18/h4-10H,3H2,1-2H3,(H,20,21). The number of nitrogens with one attached hydrogen (secondary N) is 1. The van der Waals surface area contributed by atoms with E-state index in [1.165, 1.54) is 24.0 Å². The third kappa shape index (κ3) is 5.51. The highest BCUT2D eigenvalue weighted by atomic mass is 32.2. The molecule has 0 aliphatic carbocycles. The van der Waals surface area contributed by atoms with Crippen LogP contribution in [0.25, 0.3) is 0 Å². The van der Waals surface area contributed by atoms with Crippen molar-refractivity contribution in [1.82, 2.24) is 10.3 Å². The van der Waals surface area contributed by atoms with Gasteiger partial charge in [0.15, 0.2) is 11.4 Å². The van der Waals surface area contributed by atoms with Crippen LogP contribution in [0, 0.1) is 11.5 Å². The van der Waals surface area contributed by atoms with Gasteiger partial charge in [0.05, 0.1) is 17.9 Å². The summed E-state index contributed by atoms with van der Waals surface area (Å²) in [5.74, 6) is 0.415. The number of hydrogen-bond donors (Lipinski definition) is 1. The molecule has 7 nitrogen and oxygen atoms in total. The van der Waals surface area contributed by atoms with E-state index in [1.54, 1.807) is 37.3 Å². The van der Waals surface area contributed by atoms with Crippen molar-refractivity contribution in [2.24, 2.45) is 4.99 Å². The molecule has 0 amide bonds. The minimum Gasteiger partial charge on any atom is -0.462 e. The van der Waals surface area contributed by atoms with Gasteiger partial charge in [-0.3, -0.25) is 5.32 Å². The van der Waals surface area contributed by atoms with Crippen LogP contribution in [-0.4, -0.2) is 29.0 Å². The average molecular weight is 356 g/mol. The summed E-state index contributed by atoms with van der Waals surface area (Å²) in [6, 6.07) is 10.0. The number of benzene rings is 1. The number of ether oxygens (including phenoxy) is 2. The summed E-state index contributed by atoms with van der Waals surface area (Å²) >= 11 is 1.34. The molecule has 0 unspecified atom stereocenters. The zero-order chi connectivity index (χ0) is 18.1. The number of pyridine rings is 1. The maximum absolute atomic E-state index is 11.7. The lowest BCUT2D eigenvalue weighted by Gasteiger charge is -2.07. The normalized spacial score (nSPS) is 10.7. The van der Waals surface area contributed by atoms with Gasteiger partial charge in [0.1, 0.15) is 5.75 Å². The molecule has 2 aromatic rings. The number of rotatable bonds is 5. The Balaban J connectivity index is 2.10. The molecule has 0 aliphatic heterocycles. The third-order valence-corrected chi connectivity index (χ3v) is 3.47. The fourth-order valence-corrected chi connectivity index (χ4v) is 2.15. The zero-order valence-corrected chi connectivity index (χ0v) is 14.5. The van der Waals surface area contributed by atoms with Gasteiger partial charge in [-0.2, -0.15) is 5.26 Å². The maximum atomic E-state index is 11.7. The van der Waals surface area contributed by atoms with Gasteiger partial charge in [0, 0.05) is 12.3 Å². The van der Waals surface area contributed by atoms with Crippen molar-refractivity contribution >= 4 is 28.6 Å². The molecule has 1 heterocycles. The van der Waals surface area contributed by atoms with E-state index in [1.807, 2.05) is 12.4 Å². The lowest BCUT2D eigenvalue weighted by atomic mass is 10.2. The van der Waals surface area contributed by atoms with E-state index in [2.05, 4.69) is 15.3 Å². The summed E-state index contributed by atoms with van der Waals surface area (Å²) in [6.07, 6.45) is 5.14. The van der Waals surface area contributed by atoms with Crippen molar-refractivity contribution in [1.29, 1.82) is 5.26 Å². The molecule has 0 spiro atoms. The smallest absolute Gasteiger partial charge is 0.338 e. The predicted molar refractivity (Wildman–Crippen MR) is 96.1 cm³/mol. The lowest BCUT2D eigenvalue weighted by Crippen LogP contribution is -2.12. The Kier molecular flexibility index (Phi) is 6.80. The number of carbonyl (C=O) groups excluding carboxylic acids is 1. The first kappa shape index (κ1) is 18.3. The number of esters is 1. The van der Waals surface area contributed by atoms with Crippen molar-refractivity contribution in [3.63, 3.8) is 0 Å². The SMILES string of the molecule is CCOC(=O)c1ccnc(Oc2ccc(N=C(NC#N)SC)cc2)c1. The van der Waals surface area contributed by atoms with E-state index in [0.717, 1.165) is 0 Å². The molecule has 128 valence electrons. The first-order valence-electron chi connectivity index (χ1n) is 7.35. The summed E-state index contributed by atoms with van der Waals surface area (Å²) in [5, 5.41) is 11.6. The predicted octanol–water partition coefficient (Wildman–Crippen LogP) is 3.47. The van der Waals surface area contributed by atoms with Gasteiger partial charge in [-0.15, -0.1) is 0 Å². The molecule has 0 fully saturated rings. The van der Waals surface area contributed by atoms with E-state index in [4.69, 9.17) is 14.7 Å². The van der Waals surface area contributed by atoms with Gasteiger partial charge in [-0.05, 0) is 43.5 Å². The van der Waals surface area contributed by atoms with Gasteiger partial charge in [0.2, 0.25) is 5.88 Å². The summed E-state index contributed by atoms with van der Waals surface area (Å²) in [7, 11) is 0. The molecule has 8 heteroatoms. The number of carbonyl (C=O) groups is 1. The van der Waals surface area contributed by atoms with E-state index in [0.29, 0.717) is 28.8 Å². The second-order valence-corrected chi connectivity index (χ2v) is 5.35. The number of amidine groups is 1. The van der Waals surface area contributed by atoms with Crippen LogP contribution < -0.4 is 10.1 Å². The Labute approximate surface area is 149 Å². The minimum atomic E-state index is -0.422. The fourth-order valence-electron chi connectivity index (χ4n) is 1.81. The number of aliphatic imine (C=N–C) groups is 1. The zero-order valence-electron chi connectivity index (χ0n) is 13.7. The highest BCUT2D eigenvalue weighted by Crippen LogP contribution is 2.24. The van der Waals surface area contributed by atoms with E-state index in [9.17, 15) is 4.79 Å². The number of aromatic nitrogens is 1. The van der Waals surface area contributed by atoms with Crippen molar-refractivity contribution in [3.05, 3.63) is 48.2 Å². The number of nitrogens with zero attached hydrogens (tertiary/aromatic N) is 3. The lowest BCUT2D eigenvalue weighted by molar-refractivity contribution is 0.0526. The molecule has 1 aromatic carbocycles. The molecule has 0 aliphatic rings. The summed E-state index contributed by atoms with van der Waals surface area (Å²) in [4.78, 5) is 20.1.